The van der Waals surface area contributed by atoms with Gasteiger partial charge in [-0.05, 0) is 52.2 Å². The minimum Gasteiger partial charge on any atom is -0.444 e. The summed E-state index contributed by atoms with van der Waals surface area (Å²) in [5.41, 5.74) is 9.47. The molecule has 156 valence electrons. The number of anilines is 2. The van der Waals surface area contributed by atoms with Crippen molar-refractivity contribution in [3.8, 4) is 0 Å². The van der Waals surface area contributed by atoms with Gasteiger partial charge in [0.1, 0.15) is 5.60 Å². The molecule has 0 spiro atoms. The van der Waals surface area contributed by atoms with E-state index in [-0.39, 0.29) is 12.1 Å². The van der Waals surface area contributed by atoms with Gasteiger partial charge in [0.25, 0.3) is 0 Å². The molecule has 3 N–H and O–H groups in total. The summed E-state index contributed by atoms with van der Waals surface area (Å²) in [5, 5.41) is 3.51. The third-order valence-electron chi connectivity index (χ3n) is 5.19. The van der Waals surface area contributed by atoms with Crippen molar-refractivity contribution >= 4 is 17.5 Å². The lowest BCUT2D eigenvalue weighted by Gasteiger charge is -2.33. The first-order valence-corrected chi connectivity index (χ1v) is 10.3. The second-order valence-electron chi connectivity index (χ2n) is 8.71. The van der Waals surface area contributed by atoms with Crippen molar-refractivity contribution in [1.29, 1.82) is 0 Å². The predicted molar refractivity (Wildman–Crippen MR) is 117 cm³/mol. The topological polar surface area (TPSA) is 80.5 Å². The van der Waals surface area contributed by atoms with Crippen LogP contribution in [0.15, 0.2) is 42.6 Å². The molecule has 1 aromatic carbocycles. The van der Waals surface area contributed by atoms with E-state index in [0.29, 0.717) is 24.7 Å². The molecule has 1 fully saturated rings. The van der Waals surface area contributed by atoms with Crippen molar-refractivity contribution in [3.05, 3.63) is 53.9 Å². The van der Waals surface area contributed by atoms with Crippen LogP contribution in [-0.4, -0.2) is 34.7 Å². The van der Waals surface area contributed by atoms with Crippen molar-refractivity contribution in [3.63, 3.8) is 0 Å². The van der Waals surface area contributed by atoms with Gasteiger partial charge in [0.05, 0.1) is 17.6 Å². The van der Waals surface area contributed by atoms with Crippen molar-refractivity contribution in [2.75, 3.05) is 24.1 Å². The fourth-order valence-corrected chi connectivity index (χ4v) is 3.57. The Morgan fingerprint density at radius 3 is 2.52 bits per heavy atom. The highest BCUT2D eigenvalue weighted by Gasteiger charge is 2.28. The van der Waals surface area contributed by atoms with Gasteiger partial charge >= 0.3 is 6.09 Å². The van der Waals surface area contributed by atoms with E-state index >= 15 is 0 Å². The lowest BCUT2D eigenvalue weighted by Crippen LogP contribution is -2.41. The summed E-state index contributed by atoms with van der Waals surface area (Å²) in [4.78, 5) is 18.6. The highest BCUT2D eigenvalue weighted by atomic mass is 16.6. The monoisotopic (exact) mass is 396 g/mol. The molecule has 1 aliphatic rings. The largest absolute Gasteiger partial charge is 0.444 e. The SMILES string of the molecule is CC(Nc1cc(C2CCN(C(=O)OC(C)(C)C)CC2)ncc1N)c1ccccc1. The van der Waals surface area contributed by atoms with Crippen LogP contribution in [-0.2, 0) is 4.74 Å². The molecule has 6 heteroatoms. The molecule has 0 radical (unpaired) electrons. The number of benzene rings is 1. The minimum atomic E-state index is -0.470. The number of hydrogen-bond donors (Lipinski definition) is 2. The Hall–Kier alpha value is -2.76. The zero-order chi connectivity index (χ0) is 21.0. The number of likely N-dealkylation sites (tertiary alicyclic amines) is 1. The summed E-state index contributed by atoms with van der Waals surface area (Å²) in [6, 6.07) is 12.5. The molecule has 2 heterocycles. The zero-order valence-electron chi connectivity index (χ0n) is 17.8. The first-order valence-electron chi connectivity index (χ1n) is 10.3. The number of nitrogen functional groups attached to an aromatic ring is 1. The number of aromatic nitrogens is 1. The van der Waals surface area contributed by atoms with E-state index in [1.54, 1.807) is 11.1 Å². The van der Waals surface area contributed by atoms with Crippen LogP contribution >= 0.6 is 0 Å². The number of ether oxygens (including phenoxy) is 1. The van der Waals surface area contributed by atoms with E-state index in [0.717, 1.165) is 24.2 Å². The second kappa shape index (κ2) is 8.72. The summed E-state index contributed by atoms with van der Waals surface area (Å²) in [6.07, 6.45) is 3.23. The highest BCUT2D eigenvalue weighted by Crippen LogP contribution is 2.32. The minimum absolute atomic E-state index is 0.141. The van der Waals surface area contributed by atoms with Gasteiger partial charge < -0.3 is 20.7 Å². The molecule has 2 aromatic rings. The van der Waals surface area contributed by atoms with Crippen molar-refractivity contribution < 1.29 is 9.53 Å². The van der Waals surface area contributed by atoms with Gasteiger partial charge in [-0.1, -0.05) is 30.3 Å². The van der Waals surface area contributed by atoms with E-state index in [4.69, 9.17) is 10.5 Å². The molecule has 1 atom stereocenters. The number of nitrogens with zero attached hydrogens (tertiary/aromatic N) is 2. The van der Waals surface area contributed by atoms with E-state index in [1.807, 2.05) is 39.0 Å². The summed E-state index contributed by atoms with van der Waals surface area (Å²) in [6.45, 7) is 9.14. The lowest BCUT2D eigenvalue weighted by molar-refractivity contribution is 0.0204. The molecule has 1 saturated heterocycles. The number of nitrogens with two attached hydrogens (primary N) is 1. The van der Waals surface area contributed by atoms with Gasteiger partial charge in [0.15, 0.2) is 0 Å². The number of hydrogen-bond acceptors (Lipinski definition) is 5. The smallest absolute Gasteiger partial charge is 0.410 e. The Kier molecular flexibility index (Phi) is 6.30. The van der Waals surface area contributed by atoms with Crippen molar-refractivity contribution in [2.45, 2.75) is 58.1 Å². The number of carbonyl (C=O) groups is 1. The molecule has 1 aromatic heterocycles. The van der Waals surface area contributed by atoms with Crippen LogP contribution in [0.5, 0.6) is 0 Å². The number of nitrogens with one attached hydrogen (secondary N) is 1. The number of piperidine rings is 1. The highest BCUT2D eigenvalue weighted by molar-refractivity contribution is 5.68. The van der Waals surface area contributed by atoms with Crippen LogP contribution in [0.3, 0.4) is 0 Å². The normalized spacial score (nSPS) is 16.3. The van der Waals surface area contributed by atoms with Gasteiger partial charge in [-0.2, -0.15) is 0 Å². The molecular formula is C23H32N4O2. The lowest BCUT2D eigenvalue weighted by atomic mass is 9.93. The Morgan fingerprint density at radius 1 is 1.24 bits per heavy atom. The average molecular weight is 397 g/mol. The summed E-state index contributed by atoms with van der Waals surface area (Å²) < 4.78 is 5.48. The van der Waals surface area contributed by atoms with Crippen LogP contribution in [0, 0.1) is 0 Å². The molecular weight excluding hydrogens is 364 g/mol. The van der Waals surface area contributed by atoms with Crippen LogP contribution < -0.4 is 11.1 Å². The van der Waals surface area contributed by atoms with Gasteiger partial charge in [0.2, 0.25) is 0 Å². The Morgan fingerprint density at radius 2 is 1.90 bits per heavy atom. The number of carbonyl (C=O) groups excluding carboxylic acids is 1. The number of rotatable bonds is 4. The molecule has 0 bridgehead atoms. The fourth-order valence-electron chi connectivity index (χ4n) is 3.57. The molecule has 0 aliphatic carbocycles. The summed E-state index contributed by atoms with van der Waals surface area (Å²) >= 11 is 0. The standard InChI is InChI=1S/C23H32N4O2/c1-16(17-8-6-5-7-9-17)26-21-14-20(25-15-19(21)24)18-10-12-27(13-11-18)22(28)29-23(2,3)4/h5-9,14-16,18H,10-13,24H2,1-4H3,(H,25,26). The van der Waals surface area contributed by atoms with E-state index in [2.05, 4.69) is 35.4 Å². The summed E-state index contributed by atoms with van der Waals surface area (Å²) in [5.74, 6) is 0.307. The average Bonchev–Trinajstić information content (AvgIpc) is 2.69. The van der Waals surface area contributed by atoms with Gasteiger partial charge in [-0.3, -0.25) is 4.98 Å². The Labute approximate surface area is 173 Å². The molecule has 0 saturated carbocycles. The number of amides is 1. The Balaban J connectivity index is 1.64. The zero-order valence-corrected chi connectivity index (χ0v) is 17.8. The molecule has 1 aliphatic heterocycles. The quantitative estimate of drug-likeness (QED) is 0.764. The van der Waals surface area contributed by atoms with Crippen LogP contribution in [0.25, 0.3) is 0 Å². The second-order valence-corrected chi connectivity index (χ2v) is 8.71. The first-order chi connectivity index (χ1) is 13.7. The molecule has 6 nitrogen and oxygen atoms in total. The van der Waals surface area contributed by atoms with Crippen molar-refractivity contribution in [1.82, 2.24) is 9.88 Å². The maximum absolute atomic E-state index is 12.3. The van der Waals surface area contributed by atoms with E-state index in [1.165, 1.54) is 5.56 Å². The third-order valence-corrected chi connectivity index (χ3v) is 5.19. The van der Waals surface area contributed by atoms with Gasteiger partial charge in [-0.25, -0.2) is 4.79 Å². The van der Waals surface area contributed by atoms with Crippen LogP contribution in [0.1, 0.15) is 63.8 Å². The van der Waals surface area contributed by atoms with Crippen LogP contribution in [0.2, 0.25) is 0 Å². The number of pyridine rings is 1. The summed E-state index contributed by atoms with van der Waals surface area (Å²) in [7, 11) is 0. The first kappa shape index (κ1) is 21.0. The van der Waals surface area contributed by atoms with Gasteiger partial charge in [-0.15, -0.1) is 0 Å². The maximum atomic E-state index is 12.3. The molecule has 3 rings (SSSR count). The van der Waals surface area contributed by atoms with Gasteiger partial charge in [0, 0.05) is 30.7 Å². The van der Waals surface area contributed by atoms with E-state index < -0.39 is 5.60 Å². The van der Waals surface area contributed by atoms with Crippen molar-refractivity contribution in [2.24, 2.45) is 0 Å². The fraction of sp³-hybridized carbons (Fsp3) is 0.478. The Bertz CT molecular complexity index is 825. The third kappa shape index (κ3) is 5.62. The molecule has 1 amide bonds. The van der Waals surface area contributed by atoms with Crippen LogP contribution in [0.4, 0.5) is 16.2 Å². The predicted octanol–water partition coefficient (Wildman–Crippen LogP) is 4.95. The van der Waals surface area contributed by atoms with E-state index in [9.17, 15) is 4.79 Å². The maximum Gasteiger partial charge on any atom is 0.410 e. The molecule has 29 heavy (non-hydrogen) atoms. The molecule has 1 unspecified atom stereocenters.